The number of ether oxygens (including phenoxy) is 5. The fourth-order valence-electron chi connectivity index (χ4n) is 8.43. The maximum Gasteiger partial charge on any atom is 0.331 e. The third kappa shape index (κ3) is 22.5. The predicted octanol–water partition coefficient (Wildman–Crippen LogP) is 7.61. The van der Waals surface area contributed by atoms with Crippen LogP contribution >= 0.6 is 0 Å². The fraction of sp³-hybridized carbons (Fsp3) is 0.736. The molecular formula is C53H90N2O12. The van der Waals surface area contributed by atoms with Gasteiger partial charge in [-0.05, 0) is 96.2 Å². The van der Waals surface area contributed by atoms with E-state index in [1.807, 2.05) is 53.7 Å². The lowest BCUT2D eigenvalue weighted by atomic mass is 9.82. The van der Waals surface area contributed by atoms with Gasteiger partial charge in [0.15, 0.2) is 0 Å². The number of methoxy groups -OCH3 is 2. The number of aliphatic hydroxyl groups excluding tert-OH is 3. The Morgan fingerprint density at radius 2 is 1.60 bits per heavy atom. The van der Waals surface area contributed by atoms with Gasteiger partial charge < -0.3 is 43.9 Å². The minimum atomic E-state index is -0.940. The van der Waals surface area contributed by atoms with E-state index in [1.165, 1.54) is 17.9 Å². The molecule has 0 saturated carbocycles. The maximum atomic E-state index is 13.4. The molecule has 0 fully saturated rings. The zero-order valence-electron chi connectivity index (χ0n) is 43.6. The van der Waals surface area contributed by atoms with Crippen LogP contribution in [0.3, 0.4) is 0 Å². The molecule has 67 heavy (non-hydrogen) atoms. The van der Waals surface area contributed by atoms with Crippen molar-refractivity contribution in [2.24, 2.45) is 41.4 Å². The number of allylic oxidation sites excluding steroid dienone is 3. The summed E-state index contributed by atoms with van der Waals surface area (Å²) >= 11 is 0. The highest BCUT2D eigenvalue weighted by molar-refractivity contribution is 5.82. The van der Waals surface area contributed by atoms with E-state index in [4.69, 9.17) is 23.7 Å². The first kappa shape index (κ1) is 61.4. The van der Waals surface area contributed by atoms with Crippen molar-refractivity contribution < 1.29 is 58.2 Å². The molecule has 16 atom stereocenters. The third-order valence-electron chi connectivity index (χ3n) is 13.7. The molecule has 3 N–H and O–H groups in total. The molecule has 0 bridgehead atoms. The van der Waals surface area contributed by atoms with Gasteiger partial charge in [-0.25, -0.2) is 4.79 Å². The van der Waals surface area contributed by atoms with Crippen LogP contribution in [0.25, 0.3) is 0 Å². The second kappa shape index (κ2) is 32.2. The average molecular weight is 947 g/mol. The van der Waals surface area contributed by atoms with Gasteiger partial charge in [0.25, 0.3) is 0 Å². The van der Waals surface area contributed by atoms with E-state index in [9.17, 15) is 34.5 Å². The number of carbonyl (C=O) groups is 4. The minimum absolute atomic E-state index is 0.0566. The van der Waals surface area contributed by atoms with Gasteiger partial charge in [-0.3, -0.25) is 19.3 Å². The minimum Gasteiger partial charge on any atom is -0.462 e. The number of carbonyl (C=O) groups excluding carboxylic acids is 4. The predicted molar refractivity (Wildman–Crippen MR) is 263 cm³/mol. The average Bonchev–Trinajstić information content (AvgIpc) is 3.29. The number of cyclic esters (lactones) is 1. The lowest BCUT2D eigenvalue weighted by Crippen LogP contribution is -2.43. The van der Waals surface area contributed by atoms with Gasteiger partial charge in [0.2, 0.25) is 6.41 Å². The molecule has 0 aromatic rings. The Morgan fingerprint density at radius 3 is 2.19 bits per heavy atom. The van der Waals surface area contributed by atoms with E-state index < -0.39 is 72.4 Å². The molecule has 0 aliphatic carbocycles. The zero-order chi connectivity index (χ0) is 51.0. The van der Waals surface area contributed by atoms with Crippen molar-refractivity contribution in [2.75, 3.05) is 35.4 Å². The summed E-state index contributed by atoms with van der Waals surface area (Å²) in [6, 6.07) is -0.551. The van der Waals surface area contributed by atoms with Crippen LogP contribution in [0.2, 0.25) is 0 Å². The molecule has 1 rings (SSSR count). The third-order valence-corrected chi connectivity index (χ3v) is 13.7. The largest absolute Gasteiger partial charge is 0.462 e. The Kier molecular flexibility index (Phi) is 29.5. The standard InChI is InChI=1S/C53H90N2O12/c1-34-24-25-35(2)46(64-15)28-26-36(3)50(60)39(6)45(58)21-17-16-18-23-49(59)66-47(22-19-20-44(32-34)63-14)40(7)51(61)37(4)27-29-48(67-53(62)42(9)54(11)12)41(8)52(65-43(10)57)38(5)30-31-55(13)33-56/h16-20,23,25,30-31,33-34,36-42,44-48,50-52,58,60-61H,21-22,24,26-29,32H2,1-15H3/b17-16-,20-19-,23-18-,31-30+,35-25-/t34-,36-,37+,38-,39-,40-,41+,42?,44+,45-,46+,47+,48-,50-,51+,52-/m1/s1. The molecule has 0 spiro atoms. The van der Waals surface area contributed by atoms with Gasteiger partial charge in [-0.15, -0.1) is 0 Å². The summed E-state index contributed by atoms with van der Waals surface area (Å²) in [6.07, 6.45) is 15.9. The van der Waals surface area contributed by atoms with Crippen LogP contribution in [-0.4, -0.2) is 140 Å². The monoisotopic (exact) mass is 947 g/mol. The normalized spacial score (nSPS) is 30.4. The lowest BCUT2D eigenvalue weighted by molar-refractivity contribution is -0.165. The van der Waals surface area contributed by atoms with Crippen molar-refractivity contribution in [3.63, 3.8) is 0 Å². The van der Waals surface area contributed by atoms with Crippen LogP contribution in [0, 0.1) is 41.4 Å². The van der Waals surface area contributed by atoms with Crippen LogP contribution in [0.4, 0.5) is 0 Å². The molecule has 0 radical (unpaired) electrons. The van der Waals surface area contributed by atoms with Gasteiger partial charge in [-0.1, -0.05) is 91.0 Å². The molecule has 1 heterocycles. The van der Waals surface area contributed by atoms with Crippen molar-refractivity contribution in [1.82, 2.24) is 9.80 Å². The topological polar surface area (TPSA) is 182 Å². The van der Waals surface area contributed by atoms with Crippen LogP contribution in [0.5, 0.6) is 0 Å². The van der Waals surface area contributed by atoms with E-state index in [1.54, 1.807) is 77.7 Å². The van der Waals surface area contributed by atoms with E-state index in [0.717, 1.165) is 31.3 Å². The Bertz CT molecular complexity index is 1610. The number of aliphatic hydroxyl groups is 3. The van der Waals surface area contributed by atoms with Crippen molar-refractivity contribution >= 4 is 24.3 Å². The van der Waals surface area contributed by atoms with Gasteiger partial charge in [0.05, 0.1) is 30.5 Å². The maximum absolute atomic E-state index is 13.4. The summed E-state index contributed by atoms with van der Waals surface area (Å²) in [6.45, 7) is 18.6. The highest BCUT2D eigenvalue weighted by Gasteiger charge is 2.37. The summed E-state index contributed by atoms with van der Waals surface area (Å²) in [5, 5.41) is 34.0. The highest BCUT2D eigenvalue weighted by Crippen LogP contribution is 2.31. The lowest BCUT2D eigenvalue weighted by Gasteiger charge is -2.35. The summed E-state index contributed by atoms with van der Waals surface area (Å²) in [7, 11) is 8.54. The van der Waals surface area contributed by atoms with E-state index in [0.29, 0.717) is 25.7 Å². The first-order valence-electron chi connectivity index (χ1n) is 24.4. The van der Waals surface area contributed by atoms with Crippen molar-refractivity contribution in [3.8, 4) is 0 Å². The molecule has 0 aromatic heterocycles. The van der Waals surface area contributed by atoms with E-state index >= 15 is 0 Å². The molecule has 1 unspecified atom stereocenters. The van der Waals surface area contributed by atoms with Gasteiger partial charge in [0.1, 0.15) is 24.4 Å². The Labute approximate surface area is 403 Å². The van der Waals surface area contributed by atoms with Crippen LogP contribution in [0.15, 0.2) is 60.4 Å². The van der Waals surface area contributed by atoms with Crippen LogP contribution < -0.4 is 0 Å². The number of hydrogen-bond donors (Lipinski definition) is 3. The van der Waals surface area contributed by atoms with Gasteiger partial charge in [-0.2, -0.15) is 0 Å². The van der Waals surface area contributed by atoms with Gasteiger partial charge in [0, 0.05) is 70.6 Å². The molecule has 0 saturated heterocycles. The Morgan fingerprint density at radius 1 is 0.925 bits per heavy atom. The van der Waals surface area contributed by atoms with Crippen molar-refractivity contribution in [1.29, 1.82) is 0 Å². The quantitative estimate of drug-likeness (QED) is 0.0529. The van der Waals surface area contributed by atoms with Crippen LogP contribution in [-0.2, 0) is 42.9 Å². The number of hydrogen-bond acceptors (Lipinski definition) is 13. The number of esters is 3. The number of nitrogens with zero attached hydrogens (tertiary/aromatic N) is 2. The Balaban J connectivity index is 3.50. The summed E-state index contributed by atoms with van der Waals surface area (Å²) in [5.41, 5.74) is 1.13. The molecule has 1 amide bonds. The molecular weight excluding hydrogens is 857 g/mol. The molecule has 14 heteroatoms. The smallest absolute Gasteiger partial charge is 0.331 e. The first-order valence-corrected chi connectivity index (χ1v) is 24.4. The fourth-order valence-corrected chi connectivity index (χ4v) is 8.43. The van der Waals surface area contributed by atoms with Gasteiger partial charge >= 0.3 is 17.9 Å². The molecule has 1 aliphatic heterocycles. The molecule has 1 aliphatic rings. The summed E-state index contributed by atoms with van der Waals surface area (Å²) in [4.78, 5) is 53.5. The zero-order valence-corrected chi connectivity index (χ0v) is 43.6. The number of amides is 1. The first-order chi connectivity index (χ1) is 31.5. The molecule has 0 aromatic carbocycles. The molecule has 14 nitrogen and oxygen atoms in total. The van der Waals surface area contributed by atoms with E-state index in [2.05, 4.69) is 19.9 Å². The summed E-state index contributed by atoms with van der Waals surface area (Å²) in [5.74, 6) is -3.39. The molecule has 384 valence electrons. The van der Waals surface area contributed by atoms with Crippen molar-refractivity contribution in [3.05, 3.63) is 60.4 Å². The number of rotatable bonds is 18. The van der Waals surface area contributed by atoms with E-state index in [-0.39, 0.29) is 48.2 Å². The SMILES string of the molecule is CO[C@H]1CC[C@@H](C)[C@@H](O)[C@H](C)[C@H](O)C/C=C\C=C/C(=O)O[C@H]([C@@H](C)[C@@H](O)[C@@H](C)CC[C@@H](OC(=O)C(C)N(C)C)[C@H](C)[C@H](OC(C)=O)[C@H](C)/C=C/N(C)C=O)C/C=C\[C@H](OC)C[C@H](C)C/C=C\1C. The van der Waals surface area contributed by atoms with Crippen molar-refractivity contribution in [2.45, 2.75) is 175 Å². The second-order valence-corrected chi connectivity index (χ2v) is 19.6. The highest BCUT2D eigenvalue weighted by atomic mass is 16.6. The summed E-state index contributed by atoms with van der Waals surface area (Å²) < 4.78 is 29.8. The Hall–Kier alpha value is -3.66. The van der Waals surface area contributed by atoms with Crippen LogP contribution in [0.1, 0.15) is 121 Å². The second-order valence-electron chi connectivity index (χ2n) is 19.6. The number of likely N-dealkylation sites (N-methyl/N-ethyl adjacent to an activating group) is 1.